The Bertz CT molecular complexity index is 1300. The number of carbonyl (C=O) groups is 2. The molecule has 2 N–H and O–H groups in total. The molecule has 0 spiro atoms. The first-order valence-corrected chi connectivity index (χ1v) is 10.8. The van der Waals surface area contributed by atoms with E-state index < -0.39 is 23.5 Å². The summed E-state index contributed by atoms with van der Waals surface area (Å²) in [5.74, 6) is -1.67. The molecule has 1 fully saturated rings. The lowest BCUT2D eigenvalue weighted by molar-refractivity contribution is -0.132. The molecule has 0 radical (unpaired) electrons. The smallest absolute Gasteiger partial charge is 0.300 e. The van der Waals surface area contributed by atoms with E-state index in [1.165, 1.54) is 43.4 Å². The van der Waals surface area contributed by atoms with Crippen LogP contribution in [0, 0.1) is 0 Å². The Hall–Kier alpha value is -3.68. The zero-order valence-electron chi connectivity index (χ0n) is 18.1. The maximum atomic E-state index is 13.2. The molecule has 4 rings (SSSR count). The van der Waals surface area contributed by atoms with Crippen molar-refractivity contribution in [2.75, 3.05) is 19.1 Å². The Morgan fingerprint density at radius 3 is 2.12 bits per heavy atom. The van der Waals surface area contributed by atoms with Crippen LogP contribution in [0.5, 0.6) is 17.2 Å². The van der Waals surface area contributed by atoms with Crippen LogP contribution in [0.2, 0.25) is 10.0 Å². The van der Waals surface area contributed by atoms with Crippen LogP contribution in [0.4, 0.5) is 5.69 Å². The fourth-order valence-electron chi connectivity index (χ4n) is 3.86. The van der Waals surface area contributed by atoms with Crippen LogP contribution in [-0.2, 0) is 9.59 Å². The Labute approximate surface area is 205 Å². The molecule has 1 amide bonds. The average molecular weight is 500 g/mol. The van der Waals surface area contributed by atoms with Gasteiger partial charge in [0, 0.05) is 16.8 Å². The molecule has 1 unspecified atom stereocenters. The molecule has 7 nitrogen and oxygen atoms in total. The van der Waals surface area contributed by atoms with Crippen LogP contribution in [0.1, 0.15) is 17.2 Å². The Morgan fingerprint density at radius 2 is 1.53 bits per heavy atom. The van der Waals surface area contributed by atoms with Gasteiger partial charge < -0.3 is 19.7 Å². The quantitative estimate of drug-likeness (QED) is 0.279. The molecule has 0 aromatic heterocycles. The molecule has 1 aliphatic heterocycles. The summed E-state index contributed by atoms with van der Waals surface area (Å²) in [5, 5.41) is 21.7. The van der Waals surface area contributed by atoms with E-state index in [-0.39, 0.29) is 27.7 Å². The summed E-state index contributed by atoms with van der Waals surface area (Å²) in [5.41, 5.74) is 0.854. The number of phenols is 1. The fourth-order valence-corrected chi connectivity index (χ4v) is 4.23. The first-order valence-electron chi connectivity index (χ1n) is 10.0. The highest BCUT2D eigenvalue weighted by molar-refractivity contribution is 6.51. The third-order valence-corrected chi connectivity index (χ3v) is 6.03. The van der Waals surface area contributed by atoms with Gasteiger partial charge in [-0.25, -0.2) is 0 Å². The minimum absolute atomic E-state index is 0.01000. The monoisotopic (exact) mass is 499 g/mol. The Morgan fingerprint density at radius 1 is 0.912 bits per heavy atom. The lowest BCUT2D eigenvalue weighted by atomic mass is 9.94. The van der Waals surface area contributed by atoms with Gasteiger partial charge in [0.2, 0.25) is 0 Å². The van der Waals surface area contributed by atoms with Crippen molar-refractivity contribution in [3.8, 4) is 17.2 Å². The summed E-state index contributed by atoms with van der Waals surface area (Å²) < 4.78 is 10.6. The van der Waals surface area contributed by atoms with Crippen LogP contribution in [0.15, 0.2) is 66.2 Å². The number of rotatable bonds is 5. The van der Waals surface area contributed by atoms with E-state index in [1.807, 2.05) is 0 Å². The van der Waals surface area contributed by atoms with Crippen LogP contribution in [-0.4, -0.2) is 36.1 Å². The van der Waals surface area contributed by atoms with Gasteiger partial charge in [-0.1, -0.05) is 35.3 Å². The standard InChI is InChI=1S/C25H19Cl2NO6/c1-33-19-12-20(34-2)18(27)11-17(19)23(30)21-22(13-3-9-16(29)10-4-13)28(25(32)24(21)31)15-7-5-14(26)6-8-15/h3-12,22,29-30H,1-2H3/b23-21+. The molecule has 174 valence electrons. The maximum Gasteiger partial charge on any atom is 0.300 e. The second-order valence-corrected chi connectivity index (χ2v) is 8.27. The van der Waals surface area contributed by atoms with Crippen molar-refractivity contribution >= 4 is 46.3 Å². The van der Waals surface area contributed by atoms with E-state index in [4.69, 9.17) is 32.7 Å². The Kier molecular flexibility index (Phi) is 6.41. The summed E-state index contributed by atoms with van der Waals surface area (Å²) in [4.78, 5) is 27.7. The first kappa shape index (κ1) is 23.5. The number of aliphatic hydroxyl groups is 1. The van der Waals surface area contributed by atoms with Crippen LogP contribution < -0.4 is 14.4 Å². The van der Waals surface area contributed by atoms with Gasteiger partial charge >= 0.3 is 0 Å². The van der Waals surface area contributed by atoms with Crippen LogP contribution >= 0.6 is 23.2 Å². The molecular formula is C25H19Cl2NO6. The van der Waals surface area contributed by atoms with E-state index in [9.17, 15) is 19.8 Å². The number of methoxy groups -OCH3 is 2. The van der Waals surface area contributed by atoms with Gasteiger partial charge in [-0.3, -0.25) is 14.5 Å². The van der Waals surface area contributed by atoms with Crippen molar-refractivity contribution in [1.29, 1.82) is 0 Å². The molecular weight excluding hydrogens is 481 g/mol. The number of halogens is 2. The van der Waals surface area contributed by atoms with Crippen LogP contribution in [0.3, 0.4) is 0 Å². The Balaban J connectivity index is 1.98. The second-order valence-electron chi connectivity index (χ2n) is 7.42. The lowest BCUT2D eigenvalue weighted by Gasteiger charge is -2.25. The summed E-state index contributed by atoms with van der Waals surface area (Å²) in [6.07, 6.45) is 0. The minimum atomic E-state index is -0.993. The number of hydrogen-bond donors (Lipinski definition) is 2. The zero-order valence-corrected chi connectivity index (χ0v) is 19.6. The number of carbonyl (C=O) groups excluding carboxylic acids is 2. The number of hydrogen-bond acceptors (Lipinski definition) is 6. The van der Waals surface area contributed by atoms with E-state index in [1.54, 1.807) is 36.4 Å². The molecule has 1 atom stereocenters. The van der Waals surface area contributed by atoms with E-state index >= 15 is 0 Å². The first-order chi connectivity index (χ1) is 16.3. The molecule has 0 bridgehead atoms. The van der Waals surface area contributed by atoms with E-state index in [0.29, 0.717) is 22.0 Å². The van der Waals surface area contributed by atoms with Gasteiger partial charge in [-0.15, -0.1) is 0 Å². The SMILES string of the molecule is COc1cc(OC)c(/C(O)=C2\C(=O)C(=O)N(c3ccc(Cl)cc3)C2c2ccc(O)cc2)cc1Cl. The largest absolute Gasteiger partial charge is 0.508 e. The summed E-state index contributed by atoms with van der Waals surface area (Å²) in [6.45, 7) is 0. The molecule has 0 aliphatic carbocycles. The summed E-state index contributed by atoms with van der Waals surface area (Å²) in [6, 6.07) is 14.3. The van der Waals surface area contributed by atoms with Gasteiger partial charge in [0.05, 0.1) is 36.4 Å². The molecule has 9 heteroatoms. The van der Waals surface area contributed by atoms with Crippen molar-refractivity contribution in [2.45, 2.75) is 6.04 Å². The predicted octanol–water partition coefficient (Wildman–Crippen LogP) is 5.34. The highest BCUT2D eigenvalue weighted by atomic mass is 35.5. The average Bonchev–Trinajstić information content (AvgIpc) is 3.10. The number of benzene rings is 3. The molecule has 0 saturated carbocycles. The number of aliphatic hydroxyl groups excluding tert-OH is 1. The number of ketones is 1. The molecule has 3 aromatic rings. The van der Waals surface area contributed by atoms with Gasteiger partial charge in [0.25, 0.3) is 11.7 Å². The molecule has 34 heavy (non-hydrogen) atoms. The highest BCUT2D eigenvalue weighted by Gasteiger charge is 2.47. The number of anilines is 1. The van der Waals surface area contributed by atoms with Gasteiger partial charge in [-0.2, -0.15) is 0 Å². The predicted molar refractivity (Wildman–Crippen MR) is 129 cm³/mol. The topological polar surface area (TPSA) is 96.3 Å². The number of aromatic hydroxyl groups is 1. The van der Waals surface area contributed by atoms with Crippen molar-refractivity contribution < 1.29 is 29.3 Å². The van der Waals surface area contributed by atoms with Gasteiger partial charge in [0.1, 0.15) is 23.0 Å². The number of phenolic OH excluding ortho intramolecular Hbond substituents is 1. The number of amides is 1. The normalized spacial score (nSPS) is 17.2. The summed E-state index contributed by atoms with van der Waals surface area (Å²) >= 11 is 12.3. The van der Waals surface area contributed by atoms with E-state index in [2.05, 4.69) is 0 Å². The third-order valence-electron chi connectivity index (χ3n) is 5.49. The molecule has 1 aliphatic rings. The van der Waals surface area contributed by atoms with E-state index in [0.717, 1.165) is 0 Å². The van der Waals surface area contributed by atoms with Crippen molar-refractivity contribution in [3.05, 3.63) is 87.4 Å². The molecule has 1 heterocycles. The lowest BCUT2D eigenvalue weighted by Crippen LogP contribution is -2.29. The number of Topliss-reactive ketones (excluding diaryl/α,β-unsaturated/α-hetero) is 1. The van der Waals surface area contributed by atoms with Crippen molar-refractivity contribution in [2.24, 2.45) is 0 Å². The third kappa shape index (κ3) is 4.04. The molecule has 1 saturated heterocycles. The maximum absolute atomic E-state index is 13.2. The summed E-state index contributed by atoms with van der Waals surface area (Å²) in [7, 11) is 2.83. The molecule has 3 aromatic carbocycles. The fraction of sp³-hybridized carbons (Fsp3) is 0.120. The van der Waals surface area contributed by atoms with Crippen molar-refractivity contribution in [3.63, 3.8) is 0 Å². The highest BCUT2D eigenvalue weighted by Crippen LogP contribution is 2.45. The second kappa shape index (κ2) is 9.29. The zero-order chi connectivity index (χ0) is 24.6. The van der Waals surface area contributed by atoms with Crippen molar-refractivity contribution in [1.82, 2.24) is 0 Å². The number of nitrogens with zero attached hydrogens (tertiary/aromatic N) is 1. The van der Waals surface area contributed by atoms with Gasteiger partial charge in [0.15, 0.2) is 0 Å². The minimum Gasteiger partial charge on any atom is -0.508 e. The number of ether oxygens (including phenoxy) is 2. The van der Waals surface area contributed by atoms with Crippen LogP contribution in [0.25, 0.3) is 5.76 Å². The van der Waals surface area contributed by atoms with Gasteiger partial charge in [-0.05, 0) is 48.0 Å².